The highest BCUT2D eigenvalue weighted by Gasteiger charge is 2.28. The van der Waals surface area contributed by atoms with Crippen LogP contribution >= 0.6 is 0 Å². The van der Waals surface area contributed by atoms with Crippen LogP contribution in [0.2, 0.25) is 0 Å². The van der Waals surface area contributed by atoms with Crippen LogP contribution in [-0.2, 0) is 0 Å². The largest absolute Gasteiger partial charge is 0.359 e. The molecular formula is C14H22N2O. The third-order valence-corrected chi connectivity index (χ3v) is 4.18. The van der Waals surface area contributed by atoms with Crippen molar-refractivity contribution in [3.63, 3.8) is 0 Å². The molecule has 0 aliphatic carbocycles. The van der Waals surface area contributed by atoms with E-state index < -0.39 is 0 Å². The molecule has 0 unspecified atom stereocenters. The summed E-state index contributed by atoms with van der Waals surface area (Å²) in [7, 11) is 0. The fraction of sp³-hybridized carbons (Fsp3) is 0.643. The zero-order valence-electron chi connectivity index (χ0n) is 10.8. The fourth-order valence-electron chi connectivity index (χ4n) is 2.40. The van der Waals surface area contributed by atoms with Gasteiger partial charge in [-0.2, -0.15) is 0 Å². The number of nitrogens with one attached hydrogen (secondary N) is 1. The highest BCUT2D eigenvalue weighted by Crippen LogP contribution is 2.33. The van der Waals surface area contributed by atoms with Gasteiger partial charge in [0.25, 0.3) is 0 Å². The van der Waals surface area contributed by atoms with Gasteiger partial charge >= 0.3 is 0 Å². The number of rotatable bonds is 4. The summed E-state index contributed by atoms with van der Waals surface area (Å²) in [5.74, 6) is 0.204. The number of likely N-dealkylation sites (tertiary alicyclic amines) is 1. The molecule has 2 heterocycles. The lowest BCUT2D eigenvalue weighted by atomic mass is 9.78. The van der Waals surface area contributed by atoms with Gasteiger partial charge in [-0.25, -0.2) is 0 Å². The molecule has 0 radical (unpaired) electrons. The number of hydrogen-bond donors (Lipinski definition) is 1. The molecule has 3 heteroatoms. The maximum absolute atomic E-state index is 11.9. The van der Waals surface area contributed by atoms with E-state index in [-0.39, 0.29) is 5.78 Å². The van der Waals surface area contributed by atoms with Crippen molar-refractivity contribution in [1.29, 1.82) is 0 Å². The van der Waals surface area contributed by atoms with Gasteiger partial charge in [-0.15, -0.1) is 0 Å². The van der Waals surface area contributed by atoms with Crippen LogP contribution in [0.15, 0.2) is 18.3 Å². The molecule has 1 aromatic rings. The maximum Gasteiger partial charge on any atom is 0.192 e. The van der Waals surface area contributed by atoms with Crippen LogP contribution in [0.1, 0.15) is 43.6 Å². The summed E-state index contributed by atoms with van der Waals surface area (Å²) in [5.41, 5.74) is 1.22. The molecule has 3 nitrogen and oxygen atoms in total. The molecule has 1 saturated heterocycles. The molecule has 0 saturated carbocycles. The molecular weight excluding hydrogens is 212 g/mol. The van der Waals surface area contributed by atoms with Crippen LogP contribution in [0.4, 0.5) is 0 Å². The molecule has 0 spiro atoms. The van der Waals surface area contributed by atoms with Gasteiger partial charge in [-0.3, -0.25) is 9.69 Å². The van der Waals surface area contributed by atoms with Gasteiger partial charge < -0.3 is 4.98 Å². The van der Waals surface area contributed by atoms with Gasteiger partial charge in [-0.1, -0.05) is 20.3 Å². The number of H-pyrrole nitrogens is 1. The van der Waals surface area contributed by atoms with Crippen molar-refractivity contribution >= 4 is 5.78 Å². The summed E-state index contributed by atoms with van der Waals surface area (Å²) in [5, 5.41) is 0. The molecule has 2 rings (SSSR count). The Morgan fingerprint density at radius 2 is 2.18 bits per heavy atom. The van der Waals surface area contributed by atoms with Crippen LogP contribution in [0.25, 0.3) is 0 Å². The first-order chi connectivity index (χ1) is 8.13. The zero-order valence-corrected chi connectivity index (χ0v) is 10.8. The summed E-state index contributed by atoms with van der Waals surface area (Å²) >= 11 is 0. The summed E-state index contributed by atoms with van der Waals surface area (Å²) in [6.45, 7) is 7.28. The normalized spacial score (nSPS) is 20.4. The third-order valence-electron chi connectivity index (χ3n) is 4.18. The van der Waals surface area contributed by atoms with Crippen LogP contribution < -0.4 is 0 Å². The third kappa shape index (κ3) is 2.97. The van der Waals surface area contributed by atoms with Crippen LogP contribution in [0.5, 0.6) is 0 Å². The van der Waals surface area contributed by atoms with E-state index in [0.717, 1.165) is 18.8 Å². The van der Waals surface area contributed by atoms with E-state index in [0.29, 0.717) is 12.0 Å². The molecule has 1 N–H and O–H groups in total. The predicted molar refractivity (Wildman–Crippen MR) is 69.2 cm³/mol. The first-order valence-corrected chi connectivity index (χ1v) is 6.52. The molecule has 0 amide bonds. The Morgan fingerprint density at radius 1 is 1.47 bits per heavy atom. The molecule has 1 fully saturated rings. The number of carbonyl (C=O) groups is 1. The van der Waals surface area contributed by atoms with Crippen molar-refractivity contribution < 1.29 is 4.79 Å². The Balaban J connectivity index is 1.84. The average Bonchev–Trinajstić information content (AvgIpc) is 2.86. The van der Waals surface area contributed by atoms with Gasteiger partial charge in [0.2, 0.25) is 0 Å². The second kappa shape index (κ2) is 5.05. The Labute approximate surface area is 103 Å². The van der Waals surface area contributed by atoms with Crippen LogP contribution in [0, 0.1) is 5.41 Å². The maximum atomic E-state index is 11.9. The summed E-state index contributed by atoms with van der Waals surface area (Å²) in [6, 6.07) is 3.72. The number of hydrogen-bond acceptors (Lipinski definition) is 2. The monoisotopic (exact) mass is 234 g/mol. The van der Waals surface area contributed by atoms with E-state index in [2.05, 4.69) is 23.7 Å². The second-order valence-corrected chi connectivity index (χ2v) is 5.45. The first kappa shape index (κ1) is 12.4. The van der Waals surface area contributed by atoms with Crippen LogP contribution in [-0.4, -0.2) is 35.3 Å². The quantitative estimate of drug-likeness (QED) is 0.813. The summed E-state index contributed by atoms with van der Waals surface area (Å²) < 4.78 is 0. The smallest absolute Gasteiger partial charge is 0.192 e. The van der Waals surface area contributed by atoms with Crippen molar-refractivity contribution in [2.24, 2.45) is 5.41 Å². The average molecular weight is 234 g/mol. The van der Waals surface area contributed by atoms with Crippen molar-refractivity contribution in [1.82, 2.24) is 9.88 Å². The minimum atomic E-state index is 0.204. The molecule has 0 bridgehead atoms. The first-order valence-electron chi connectivity index (χ1n) is 6.52. The van der Waals surface area contributed by atoms with E-state index in [1.807, 2.05) is 12.1 Å². The van der Waals surface area contributed by atoms with E-state index in [9.17, 15) is 4.79 Å². The van der Waals surface area contributed by atoms with E-state index in [1.165, 1.54) is 19.3 Å². The summed E-state index contributed by atoms with van der Waals surface area (Å²) in [6.07, 6.45) is 5.46. The predicted octanol–water partition coefficient (Wildman–Crippen LogP) is 2.71. The topological polar surface area (TPSA) is 36.1 Å². The fourth-order valence-corrected chi connectivity index (χ4v) is 2.40. The van der Waals surface area contributed by atoms with Gasteiger partial charge in [0.15, 0.2) is 5.78 Å². The molecule has 0 aromatic carbocycles. The Kier molecular flexibility index (Phi) is 3.67. The summed E-state index contributed by atoms with van der Waals surface area (Å²) in [4.78, 5) is 17.2. The van der Waals surface area contributed by atoms with Crippen molar-refractivity contribution in [2.75, 3.05) is 19.6 Å². The number of aromatic amines is 1. The van der Waals surface area contributed by atoms with Gasteiger partial charge in [-0.05, 0) is 43.5 Å². The lowest BCUT2D eigenvalue weighted by Crippen LogP contribution is -2.41. The Hall–Kier alpha value is -1.09. The van der Waals surface area contributed by atoms with E-state index >= 15 is 0 Å². The molecule has 0 atom stereocenters. The minimum absolute atomic E-state index is 0.204. The highest BCUT2D eigenvalue weighted by molar-refractivity contribution is 5.95. The SMILES string of the molecule is CCC1(C)CCN(CC(=O)c2ccc[nH]2)CC1. The lowest BCUT2D eigenvalue weighted by Gasteiger charge is -2.38. The van der Waals surface area contributed by atoms with E-state index in [4.69, 9.17) is 0 Å². The van der Waals surface area contributed by atoms with Gasteiger partial charge in [0, 0.05) is 6.20 Å². The number of aromatic nitrogens is 1. The standard InChI is InChI=1S/C14H22N2O/c1-3-14(2)6-9-16(10-7-14)11-13(17)12-5-4-8-15-12/h4-5,8,15H,3,6-7,9-11H2,1-2H3. The molecule has 1 aliphatic heterocycles. The molecule has 1 aliphatic rings. The number of carbonyl (C=O) groups excluding carboxylic acids is 1. The second-order valence-electron chi connectivity index (χ2n) is 5.45. The van der Waals surface area contributed by atoms with Crippen molar-refractivity contribution in [2.45, 2.75) is 33.1 Å². The van der Waals surface area contributed by atoms with E-state index in [1.54, 1.807) is 6.20 Å². The zero-order chi connectivity index (χ0) is 12.3. The number of Topliss-reactive ketones (excluding diaryl/α,β-unsaturated/α-hetero) is 1. The molecule has 94 valence electrons. The van der Waals surface area contributed by atoms with Crippen molar-refractivity contribution in [3.8, 4) is 0 Å². The van der Waals surface area contributed by atoms with Gasteiger partial charge in [0.05, 0.1) is 12.2 Å². The Morgan fingerprint density at radius 3 is 2.71 bits per heavy atom. The molecule has 17 heavy (non-hydrogen) atoms. The van der Waals surface area contributed by atoms with Crippen molar-refractivity contribution in [3.05, 3.63) is 24.0 Å². The number of piperidine rings is 1. The molecule has 1 aromatic heterocycles. The van der Waals surface area contributed by atoms with Gasteiger partial charge in [0.1, 0.15) is 0 Å². The Bertz CT molecular complexity index is 362. The lowest BCUT2D eigenvalue weighted by molar-refractivity contribution is 0.0809. The number of ketones is 1. The van der Waals surface area contributed by atoms with Crippen LogP contribution in [0.3, 0.4) is 0 Å². The minimum Gasteiger partial charge on any atom is -0.359 e. The highest BCUT2D eigenvalue weighted by atomic mass is 16.1. The number of nitrogens with zero attached hydrogens (tertiary/aromatic N) is 1.